The molecule has 8 heteroatoms. The van der Waals surface area contributed by atoms with E-state index in [2.05, 4.69) is 20.5 Å². The third kappa shape index (κ3) is 4.75. The molecule has 2 aromatic carbocycles. The van der Waals surface area contributed by atoms with E-state index in [0.717, 1.165) is 46.4 Å². The highest BCUT2D eigenvalue weighted by molar-refractivity contribution is 7.98. The Balaban J connectivity index is 1.46. The SMILES string of the molecule is COc1ccc(-n2c(SCc3ccccc3C(=O)NC3CC3)nnc2-c2ccncc2)cc1. The van der Waals surface area contributed by atoms with Gasteiger partial charge in [0, 0.05) is 41.0 Å². The first-order valence-electron chi connectivity index (χ1n) is 10.7. The van der Waals surface area contributed by atoms with Gasteiger partial charge in [-0.2, -0.15) is 0 Å². The van der Waals surface area contributed by atoms with E-state index in [1.54, 1.807) is 31.3 Å². The second-order valence-electron chi connectivity index (χ2n) is 7.77. The predicted molar refractivity (Wildman–Crippen MR) is 128 cm³/mol. The van der Waals surface area contributed by atoms with Crippen LogP contribution < -0.4 is 10.1 Å². The first kappa shape index (κ1) is 21.2. The third-order valence-electron chi connectivity index (χ3n) is 5.43. The Morgan fingerprint density at radius 1 is 1.06 bits per heavy atom. The number of pyridine rings is 1. The van der Waals surface area contributed by atoms with Gasteiger partial charge in [-0.05, 0) is 60.9 Å². The number of benzene rings is 2. The van der Waals surface area contributed by atoms with Gasteiger partial charge in [0.15, 0.2) is 11.0 Å². The van der Waals surface area contributed by atoms with Crippen LogP contribution in [0.3, 0.4) is 0 Å². The molecule has 0 unspecified atom stereocenters. The van der Waals surface area contributed by atoms with Gasteiger partial charge in [-0.3, -0.25) is 14.3 Å². The van der Waals surface area contributed by atoms with Gasteiger partial charge in [0.2, 0.25) is 0 Å². The summed E-state index contributed by atoms with van der Waals surface area (Å²) in [5.41, 5.74) is 3.52. The van der Waals surface area contributed by atoms with Crippen LogP contribution in [0.15, 0.2) is 78.2 Å². The molecule has 1 amide bonds. The molecule has 0 aliphatic heterocycles. The number of thioether (sulfide) groups is 1. The molecular formula is C25H23N5O2S. The zero-order chi connectivity index (χ0) is 22.6. The summed E-state index contributed by atoms with van der Waals surface area (Å²) in [6, 6.07) is 19.7. The van der Waals surface area contributed by atoms with Crippen molar-refractivity contribution >= 4 is 17.7 Å². The quantitative estimate of drug-likeness (QED) is 0.392. The lowest BCUT2D eigenvalue weighted by atomic mass is 10.1. The minimum atomic E-state index is -0.0113. The van der Waals surface area contributed by atoms with Crippen LogP contribution >= 0.6 is 11.8 Å². The van der Waals surface area contributed by atoms with Gasteiger partial charge in [-0.25, -0.2) is 0 Å². The summed E-state index contributed by atoms with van der Waals surface area (Å²) in [7, 11) is 1.65. The number of nitrogens with zero attached hydrogens (tertiary/aromatic N) is 4. The van der Waals surface area contributed by atoms with E-state index in [1.807, 2.05) is 65.2 Å². The number of ether oxygens (including phenoxy) is 1. The van der Waals surface area contributed by atoms with Crippen molar-refractivity contribution in [3.05, 3.63) is 84.2 Å². The lowest BCUT2D eigenvalue weighted by molar-refractivity contribution is 0.0950. The molecule has 0 bridgehead atoms. The molecule has 33 heavy (non-hydrogen) atoms. The number of methoxy groups -OCH3 is 1. The van der Waals surface area contributed by atoms with Crippen LogP contribution in [-0.2, 0) is 5.75 Å². The largest absolute Gasteiger partial charge is 0.497 e. The molecular weight excluding hydrogens is 434 g/mol. The van der Waals surface area contributed by atoms with Crippen molar-refractivity contribution in [2.45, 2.75) is 29.8 Å². The summed E-state index contributed by atoms with van der Waals surface area (Å²) in [6.07, 6.45) is 5.60. The topological polar surface area (TPSA) is 81.9 Å². The van der Waals surface area contributed by atoms with Crippen LogP contribution in [0.4, 0.5) is 0 Å². The average molecular weight is 458 g/mol. The lowest BCUT2D eigenvalue weighted by Crippen LogP contribution is -2.26. The molecule has 1 aliphatic rings. The fourth-order valence-corrected chi connectivity index (χ4v) is 4.47. The van der Waals surface area contributed by atoms with Gasteiger partial charge in [-0.15, -0.1) is 10.2 Å². The molecule has 5 rings (SSSR count). The fraction of sp³-hybridized carbons (Fsp3) is 0.200. The summed E-state index contributed by atoms with van der Waals surface area (Å²) >= 11 is 1.55. The first-order valence-corrected chi connectivity index (χ1v) is 11.7. The number of aromatic nitrogens is 4. The Morgan fingerprint density at radius 2 is 1.82 bits per heavy atom. The number of rotatable bonds is 8. The molecule has 0 spiro atoms. The summed E-state index contributed by atoms with van der Waals surface area (Å²) < 4.78 is 7.33. The maximum absolute atomic E-state index is 12.7. The maximum Gasteiger partial charge on any atom is 0.251 e. The molecule has 1 N–H and O–H groups in total. The standard InChI is InChI=1S/C25H23N5O2S/c1-32-21-10-8-20(9-11-21)30-23(17-12-14-26-15-13-17)28-29-25(30)33-16-18-4-2-3-5-22(18)24(31)27-19-6-7-19/h2-5,8-15,19H,6-7,16H2,1H3,(H,27,31). The second kappa shape index (κ2) is 9.46. The Kier molecular flexibility index (Phi) is 6.08. The molecule has 7 nitrogen and oxygen atoms in total. The van der Waals surface area contributed by atoms with Crippen molar-refractivity contribution < 1.29 is 9.53 Å². The summed E-state index contributed by atoms with van der Waals surface area (Å²) in [6.45, 7) is 0. The van der Waals surface area contributed by atoms with E-state index < -0.39 is 0 Å². The van der Waals surface area contributed by atoms with E-state index in [1.165, 1.54) is 0 Å². The van der Waals surface area contributed by atoms with Gasteiger partial charge in [0.1, 0.15) is 5.75 Å². The maximum atomic E-state index is 12.7. The molecule has 0 saturated heterocycles. The summed E-state index contributed by atoms with van der Waals surface area (Å²) in [5.74, 6) is 2.09. The molecule has 4 aromatic rings. The van der Waals surface area contributed by atoms with Crippen LogP contribution in [0, 0.1) is 0 Å². The van der Waals surface area contributed by atoms with Crippen molar-refractivity contribution in [1.82, 2.24) is 25.1 Å². The van der Waals surface area contributed by atoms with E-state index in [-0.39, 0.29) is 5.91 Å². The van der Waals surface area contributed by atoms with Crippen molar-refractivity contribution in [3.63, 3.8) is 0 Å². The number of amides is 1. The Hall–Kier alpha value is -3.65. The normalized spacial score (nSPS) is 13.0. The van der Waals surface area contributed by atoms with E-state index in [9.17, 15) is 4.79 Å². The predicted octanol–water partition coefficient (Wildman–Crippen LogP) is 4.52. The second-order valence-corrected chi connectivity index (χ2v) is 8.71. The summed E-state index contributed by atoms with van der Waals surface area (Å²) in [5, 5.41) is 12.8. The minimum Gasteiger partial charge on any atom is -0.497 e. The van der Waals surface area contributed by atoms with Crippen LogP contribution in [0.5, 0.6) is 5.75 Å². The Morgan fingerprint density at radius 3 is 2.55 bits per heavy atom. The molecule has 0 radical (unpaired) electrons. The smallest absolute Gasteiger partial charge is 0.251 e. The number of carbonyl (C=O) groups is 1. The zero-order valence-electron chi connectivity index (χ0n) is 18.1. The molecule has 1 aliphatic carbocycles. The third-order valence-corrected chi connectivity index (χ3v) is 6.41. The number of carbonyl (C=O) groups excluding carboxylic acids is 1. The van der Waals surface area contributed by atoms with Crippen LogP contribution in [-0.4, -0.2) is 38.8 Å². The summed E-state index contributed by atoms with van der Waals surface area (Å²) in [4.78, 5) is 16.8. The number of hydrogen-bond acceptors (Lipinski definition) is 6. The van der Waals surface area contributed by atoms with Gasteiger partial charge in [-0.1, -0.05) is 30.0 Å². The van der Waals surface area contributed by atoms with Crippen LogP contribution in [0.2, 0.25) is 0 Å². The van der Waals surface area contributed by atoms with E-state index >= 15 is 0 Å². The van der Waals surface area contributed by atoms with Crippen molar-refractivity contribution in [1.29, 1.82) is 0 Å². The first-order chi connectivity index (χ1) is 16.2. The van der Waals surface area contributed by atoms with E-state index in [4.69, 9.17) is 4.74 Å². The van der Waals surface area contributed by atoms with Crippen molar-refractivity contribution in [2.75, 3.05) is 7.11 Å². The minimum absolute atomic E-state index is 0.0113. The van der Waals surface area contributed by atoms with Gasteiger partial charge in [0.05, 0.1) is 7.11 Å². The molecule has 1 saturated carbocycles. The van der Waals surface area contributed by atoms with Crippen molar-refractivity contribution in [3.8, 4) is 22.8 Å². The van der Waals surface area contributed by atoms with Crippen LogP contribution in [0.1, 0.15) is 28.8 Å². The monoisotopic (exact) mass is 457 g/mol. The van der Waals surface area contributed by atoms with Gasteiger partial charge >= 0.3 is 0 Å². The van der Waals surface area contributed by atoms with Gasteiger partial charge in [0.25, 0.3) is 5.91 Å². The number of hydrogen-bond donors (Lipinski definition) is 1. The highest BCUT2D eigenvalue weighted by Gasteiger charge is 2.25. The number of nitrogens with one attached hydrogen (secondary N) is 1. The highest BCUT2D eigenvalue weighted by atomic mass is 32.2. The van der Waals surface area contributed by atoms with Crippen molar-refractivity contribution in [2.24, 2.45) is 0 Å². The Bertz CT molecular complexity index is 1250. The molecule has 2 heterocycles. The lowest BCUT2D eigenvalue weighted by Gasteiger charge is -2.12. The molecule has 0 atom stereocenters. The van der Waals surface area contributed by atoms with Gasteiger partial charge < -0.3 is 10.1 Å². The zero-order valence-corrected chi connectivity index (χ0v) is 19.0. The van der Waals surface area contributed by atoms with Crippen LogP contribution in [0.25, 0.3) is 17.1 Å². The molecule has 1 fully saturated rings. The highest BCUT2D eigenvalue weighted by Crippen LogP contribution is 2.31. The van der Waals surface area contributed by atoms with E-state index in [0.29, 0.717) is 17.4 Å². The molecule has 166 valence electrons. The Labute approximate surface area is 196 Å². The molecule has 2 aromatic heterocycles. The average Bonchev–Trinajstić information content (AvgIpc) is 3.58. The fourth-order valence-electron chi connectivity index (χ4n) is 3.52.